The van der Waals surface area contributed by atoms with Crippen molar-refractivity contribution in [2.45, 2.75) is 25.8 Å². The molecule has 2 heteroatoms. The third-order valence-electron chi connectivity index (χ3n) is 2.41. The summed E-state index contributed by atoms with van der Waals surface area (Å²) in [4.78, 5) is 2.45. The van der Waals surface area contributed by atoms with Gasteiger partial charge in [-0.2, -0.15) is 0 Å². The summed E-state index contributed by atoms with van der Waals surface area (Å²) in [5, 5.41) is 0. The van der Waals surface area contributed by atoms with Gasteiger partial charge >= 0.3 is 0 Å². The van der Waals surface area contributed by atoms with Gasteiger partial charge in [-0.05, 0) is 20.3 Å². The van der Waals surface area contributed by atoms with Crippen molar-refractivity contribution in [3.05, 3.63) is 12.2 Å². The minimum atomic E-state index is 0.180. The van der Waals surface area contributed by atoms with Crippen molar-refractivity contribution in [3.8, 4) is 0 Å². The average Bonchev–Trinajstić information content (AvgIpc) is 2.06. The molecule has 1 heterocycles. The highest BCUT2D eigenvalue weighted by Crippen LogP contribution is 2.17. The quantitative estimate of drug-likeness (QED) is 0.596. The van der Waals surface area contributed by atoms with Gasteiger partial charge in [0.15, 0.2) is 0 Å². The zero-order chi connectivity index (χ0) is 9.03. The highest BCUT2D eigenvalue weighted by Gasteiger charge is 2.25. The van der Waals surface area contributed by atoms with E-state index in [1.54, 1.807) is 7.11 Å². The lowest BCUT2D eigenvalue weighted by molar-refractivity contribution is 0.0397. The topological polar surface area (TPSA) is 12.5 Å². The molecule has 12 heavy (non-hydrogen) atoms. The summed E-state index contributed by atoms with van der Waals surface area (Å²) in [5.41, 5.74) is 0.180. The largest absolute Gasteiger partial charge is 0.383 e. The first-order chi connectivity index (χ1) is 5.67. The van der Waals surface area contributed by atoms with E-state index in [1.807, 2.05) is 0 Å². The van der Waals surface area contributed by atoms with Crippen LogP contribution in [0.5, 0.6) is 0 Å². The van der Waals surface area contributed by atoms with E-state index in [2.05, 4.69) is 30.9 Å². The molecule has 0 aromatic heterocycles. The number of methoxy groups -OCH3 is 1. The van der Waals surface area contributed by atoms with Crippen LogP contribution in [0, 0.1) is 0 Å². The second kappa shape index (κ2) is 4.06. The van der Waals surface area contributed by atoms with Crippen LogP contribution in [0.4, 0.5) is 0 Å². The molecule has 0 bridgehead atoms. The molecule has 0 fully saturated rings. The lowest BCUT2D eigenvalue weighted by Gasteiger charge is -2.38. The minimum absolute atomic E-state index is 0.180. The van der Waals surface area contributed by atoms with Gasteiger partial charge in [0.25, 0.3) is 0 Å². The van der Waals surface area contributed by atoms with Gasteiger partial charge in [-0.1, -0.05) is 12.2 Å². The molecule has 0 saturated heterocycles. The molecule has 1 rings (SSSR count). The normalized spacial score (nSPS) is 19.9. The van der Waals surface area contributed by atoms with E-state index >= 15 is 0 Å². The molecule has 0 unspecified atom stereocenters. The Balaban J connectivity index is 2.49. The van der Waals surface area contributed by atoms with Crippen molar-refractivity contribution in [1.82, 2.24) is 4.90 Å². The molecule has 0 aliphatic carbocycles. The van der Waals surface area contributed by atoms with Gasteiger partial charge < -0.3 is 4.74 Å². The molecule has 70 valence electrons. The number of hydrogen-bond acceptors (Lipinski definition) is 2. The minimum Gasteiger partial charge on any atom is -0.383 e. The van der Waals surface area contributed by atoms with Gasteiger partial charge in [-0.3, -0.25) is 4.90 Å². The van der Waals surface area contributed by atoms with Crippen LogP contribution in [-0.4, -0.2) is 37.2 Å². The number of rotatable bonds is 3. The van der Waals surface area contributed by atoms with Gasteiger partial charge in [0.05, 0.1) is 6.61 Å². The smallest absolute Gasteiger partial charge is 0.0641 e. The number of nitrogens with zero attached hydrogens (tertiary/aromatic N) is 1. The van der Waals surface area contributed by atoms with Crippen LogP contribution in [0.15, 0.2) is 12.2 Å². The van der Waals surface area contributed by atoms with Gasteiger partial charge in [0.2, 0.25) is 0 Å². The molecule has 0 radical (unpaired) electrons. The molecule has 1 aliphatic heterocycles. The van der Waals surface area contributed by atoms with Gasteiger partial charge in [-0.25, -0.2) is 0 Å². The molecule has 1 aliphatic rings. The summed E-state index contributed by atoms with van der Waals surface area (Å²) < 4.78 is 5.19. The zero-order valence-electron chi connectivity index (χ0n) is 8.34. The van der Waals surface area contributed by atoms with Gasteiger partial charge in [-0.15, -0.1) is 0 Å². The molecule has 0 amide bonds. The van der Waals surface area contributed by atoms with Crippen LogP contribution in [0.2, 0.25) is 0 Å². The predicted molar refractivity (Wildman–Crippen MR) is 51.3 cm³/mol. The second-order valence-electron chi connectivity index (χ2n) is 3.95. The summed E-state index contributed by atoms with van der Waals surface area (Å²) in [6, 6.07) is 0. The summed E-state index contributed by atoms with van der Waals surface area (Å²) in [5.74, 6) is 0. The fourth-order valence-electron chi connectivity index (χ4n) is 1.64. The van der Waals surface area contributed by atoms with E-state index in [4.69, 9.17) is 4.74 Å². The maximum atomic E-state index is 5.19. The van der Waals surface area contributed by atoms with E-state index in [0.29, 0.717) is 0 Å². The van der Waals surface area contributed by atoms with Gasteiger partial charge in [0.1, 0.15) is 0 Å². The Morgan fingerprint density at radius 2 is 2.17 bits per heavy atom. The van der Waals surface area contributed by atoms with Crippen molar-refractivity contribution < 1.29 is 4.74 Å². The molecular weight excluding hydrogens is 150 g/mol. The van der Waals surface area contributed by atoms with Crippen LogP contribution in [0.3, 0.4) is 0 Å². The Kier molecular flexibility index (Phi) is 3.29. The Bertz CT molecular complexity index is 163. The summed E-state index contributed by atoms with van der Waals surface area (Å²) in [6.07, 6.45) is 5.66. The van der Waals surface area contributed by atoms with Crippen LogP contribution >= 0.6 is 0 Å². The third-order valence-corrected chi connectivity index (χ3v) is 2.41. The second-order valence-corrected chi connectivity index (χ2v) is 3.95. The van der Waals surface area contributed by atoms with Crippen LogP contribution in [-0.2, 0) is 4.74 Å². The van der Waals surface area contributed by atoms with Crippen LogP contribution in [0.1, 0.15) is 20.3 Å². The van der Waals surface area contributed by atoms with Crippen molar-refractivity contribution >= 4 is 0 Å². The Labute approximate surface area is 75.2 Å². The van der Waals surface area contributed by atoms with E-state index < -0.39 is 0 Å². The van der Waals surface area contributed by atoms with Gasteiger partial charge in [0, 0.05) is 25.7 Å². The summed E-state index contributed by atoms with van der Waals surface area (Å²) >= 11 is 0. The Hall–Kier alpha value is -0.340. The Morgan fingerprint density at radius 1 is 1.42 bits per heavy atom. The third kappa shape index (κ3) is 2.32. The molecular formula is C10H19NO. The van der Waals surface area contributed by atoms with Crippen molar-refractivity contribution in [1.29, 1.82) is 0 Å². The molecule has 0 aromatic carbocycles. The Morgan fingerprint density at radius 3 is 2.67 bits per heavy atom. The lowest BCUT2D eigenvalue weighted by Crippen LogP contribution is -2.48. The average molecular weight is 169 g/mol. The summed E-state index contributed by atoms with van der Waals surface area (Å²) in [7, 11) is 1.77. The fourth-order valence-corrected chi connectivity index (χ4v) is 1.64. The fraction of sp³-hybridized carbons (Fsp3) is 0.800. The van der Waals surface area contributed by atoms with E-state index in [9.17, 15) is 0 Å². The molecule has 0 saturated carbocycles. The highest BCUT2D eigenvalue weighted by atomic mass is 16.5. The number of ether oxygens (including phenoxy) is 1. The van der Waals surface area contributed by atoms with E-state index in [0.717, 1.165) is 19.7 Å². The van der Waals surface area contributed by atoms with Crippen molar-refractivity contribution in [2.24, 2.45) is 0 Å². The first-order valence-electron chi connectivity index (χ1n) is 4.56. The van der Waals surface area contributed by atoms with Crippen LogP contribution < -0.4 is 0 Å². The first kappa shape index (κ1) is 9.75. The summed E-state index contributed by atoms with van der Waals surface area (Å²) in [6.45, 7) is 7.50. The van der Waals surface area contributed by atoms with Crippen molar-refractivity contribution in [3.63, 3.8) is 0 Å². The highest BCUT2D eigenvalue weighted by molar-refractivity contribution is 4.95. The predicted octanol–water partition coefficient (Wildman–Crippen LogP) is 1.67. The molecule has 2 nitrogen and oxygen atoms in total. The molecule has 0 atom stereocenters. The molecule has 0 spiro atoms. The standard InChI is InChI=1S/C10H19NO/c1-10(2,9-12-3)11-7-5-4-6-8-11/h4-5H,6-9H2,1-3H3. The monoisotopic (exact) mass is 169 g/mol. The first-order valence-corrected chi connectivity index (χ1v) is 4.56. The maximum Gasteiger partial charge on any atom is 0.0641 e. The van der Waals surface area contributed by atoms with Crippen LogP contribution in [0.25, 0.3) is 0 Å². The maximum absolute atomic E-state index is 5.19. The zero-order valence-corrected chi connectivity index (χ0v) is 8.34. The SMILES string of the molecule is COCC(C)(C)N1CC=CCC1. The molecule has 0 aromatic rings. The van der Waals surface area contributed by atoms with Crippen molar-refractivity contribution in [2.75, 3.05) is 26.8 Å². The lowest BCUT2D eigenvalue weighted by atomic mass is 10.0. The molecule has 0 N–H and O–H groups in total. The van der Waals surface area contributed by atoms with E-state index in [1.165, 1.54) is 6.42 Å². The van der Waals surface area contributed by atoms with E-state index in [-0.39, 0.29) is 5.54 Å². The number of hydrogen-bond donors (Lipinski definition) is 0.